The fourth-order valence-electron chi connectivity index (χ4n) is 2.12. The normalized spacial score (nSPS) is 11.4. The van der Waals surface area contributed by atoms with Gasteiger partial charge in [0.2, 0.25) is 0 Å². The lowest BCUT2D eigenvalue weighted by Gasteiger charge is -2.17. The number of ether oxygens (including phenoxy) is 1. The van der Waals surface area contributed by atoms with Gasteiger partial charge in [0.05, 0.1) is 5.69 Å². The van der Waals surface area contributed by atoms with Crippen molar-refractivity contribution in [2.45, 2.75) is 26.8 Å². The molecule has 0 aliphatic rings. The van der Waals surface area contributed by atoms with Crippen molar-refractivity contribution in [3.05, 3.63) is 46.8 Å². The van der Waals surface area contributed by atoms with Gasteiger partial charge in [-0.15, -0.1) is 13.2 Å². The second-order valence-electron chi connectivity index (χ2n) is 5.05. The fourth-order valence-corrected chi connectivity index (χ4v) is 2.12. The van der Waals surface area contributed by atoms with Crippen LogP contribution >= 0.6 is 0 Å². The summed E-state index contributed by atoms with van der Waals surface area (Å²) < 4.78 is 45.1. The van der Waals surface area contributed by atoms with Gasteiger partial charge in [0.1, 0.15) is 17.1 Å². The van der Waals surface area contributed by atoms with E-state index < -0.39 is 6.36 Å². The van der Waals surface area contributed by atoms with E-state index in [1.807, 2.05) is 0 Å². The van der Waals surface area contributed by atoms with E-state index in [-0.39, 0.29) is 18.2 Å². The molecule has 0 atom stereocenters. The number of alkyl halides is 3. The van der Waals surface area contributed by atoms with E-state index in [1.54, 1.807) is 20.9 Å². The number of nitrogens with zero attached hydrogens (tertiary/aromatic N) is 2. The van der Waals surface area contributed by atoms with Gasteiger partial charge < -0.3 is 14.2 Å². The lowest BCUT2D eigenvalue weighted by atomic mass is 10.1. The summed E-state index contributed by atoms with van der Waals surface area (Å²) in [6.45, 7) is 3.54. The topological polar surface area (TPSA) is 55.6 Å². The number of hydrogen-bond acceptors (Lipinski definition) is 4. The molecule has 8 heteroatoms. The molecule has 0 radical (unpaired) electrons. The predicted molar refractivity (Wildman–Crippen MR) is 74.9 cm³/mol. The first-order valence-corrected chi connectivity index (χ1v) is 6.70. The number of aryl methyl sites for hydroxylation is 2. The maximum absolute atomic E-state index is 12.4. The van der Waals surface area contributed by atoms with E-state index in [0.29, 0.717) is 22.6 Å². The van der Waals surface area contributed by atoms with Crippen LogP contribution in [0.4, 0.5) is 13.2 Å². The fraction of sp³-hybridized carbons (Fsp3) is 0.333. The molecular formula is C15H15F3N2O3. The largest absolute Gasteiger partial charge is 0.573 e. The lowest BCUT2D eigenvalue weighted by Crippen LogP contribution is -2.27. The van der Waals surface area contributed by atoms with Crippen molar-refractivity contribution in [2.75, 3.05) is 7.05 Å². The van der Waals surface area contributed by atoms with Crippen LogP contribution in [-0.2, 0) is 6.54 Å². The Balaban J connectivity index is 2.06. The zero-order valence-electron chi connectivity index (χ0n) is 12.8. The molecule has 2 aromatic rings. The Morgan fingerprint density at radius 1 is 1.26 bits per heavy atom. The van der Waals surface area contributed by atoms with Gasteiger partial charge in [0, 0.05) is 13.6 Å². The summed E-state index contributed by atoms with van der Waals surface area (Å²) in [6.07, 6.45) is -4.72. The van der Waals surface area contributed by atoms with E-state index in [0.717, 1.165) is 0 Å². The maximum Gasteiger partial charge on any atom is 0.573 e. The zero-order valence-corrected chi connectivity index (χ0v) is 12.8. The highest BCUT2D eigenvalue weighted by molar-refractivity contribution is 5.95. The van der Waals surface area contributed by atoms with E-state index >= 15 is 0 Å². The van der Waals surface area contributed by atoms with Gasteiger partial charge in [-0.3, -0.25) is 4.79 Å². The van der Waals surface area contributed by atoms with Crippen LogP contribution in [-0.4, -0.2) is 29.4 Å². The van der Waals surface area contributed by atoms with Crippen LogP contribution in [0, 0.1) is 13.8 Å². The van der Waals surface area contributed by atoms with E-state index in [2.05, 4.69) is 9.89 Å². The molecule has 2 rings (SSSR count). The van der Waals surface area contributed by atoms with Gasteiger partial charge in [-0.2, -0.15) is 0 Å². The van der Waals surface area contributed by atoms with Gasteiger partial charge in [0.15, 0.2) is 0 Å². The van der Waals surface area contributed by atoms with Crippen molar-refractivity contribution in [2.24, 2.45) is 0 Å². The highest BCUT2D eigenvalue weighted by atomic mass is 19.4. The maximum atomic E-state index is 12.4. The summed E-state index contributed by atoms with van der Waals surface area (Å²) >= 11 is 0. The smallest absolute Gasteiger partial charge is 0.406 e. The molecule has 1 aromatic carbocycles. The Labute approximate surface area is 130 Å². The molecule has 0 saturated heterocycles. The first-order valence-electron chi connectivity index (χ1n) is 6.70. The zero-order chi connectivity index (χ0) is 17.2. The standard InChI is InChI=1S/C15H15F3N2O3/c1-9-13(10(2)23-19-9)14(21)20(3)8-11-4-6-12(7-5-11)22-15(16,17)18/h4-7H,8H2,1-3H3. The number of amides is 1. The van der Waals surface area contributed by atoms with Crippen LogP contribution < -0.4 is 4.74 Å². The van der Waals surface area contributed by atoms with Crippen molar-refractivity contribution < 1.29 is 27.2 Å². The summed E-state index contributed by atoms with van der Waals surface area (Å²) in [4.78, 5) is 13.8. The average Bonchev–Trinajstić information content (AvgIpc) is 2.78. The molecule has 0 spiro atoms. The second-order valence-corrected chi connectivity index (χ2v) is 5.05. The van der Waals surface area contributed by atoms with Crippen molar-refractivity contribution in [1.82, 2.24) is 10.1 Å². The summed E-state index contributed by atoms with van der Waals surface area (Å²) in [7, 11) is 1.59. The molecule has 0 fully saturated rings. The third-order valence-corrected chi connectivity index (χ3v) is 3.17. The number of carbonyl (C=O) groups excluding carboxylic acids is 1. The molecule has 1 amide bonds. The average molecular weight is 328 g/mol. The molecule has 124 valence electrons. The summed E-state index contributed by atoms with van der Waals surface area (Å²) in [5.74, 6) is -0.147. The molecule has 0 N–H and O–H groups in total. The Hall–Kier alpha value is -2.51. The third-order valence-electron chi connectivity index (χ3n) is 3.17. The number of hydrogen-bond donors (Lipinski definition) is 0. The summed E-state index contributed by atoms with van der Waals surface area (Å²) in [6, 6.07) is 5.35. The van der Waals surface area contributed by atoms with Crippen molar-refractivity contribution in [3.8, 4) is 5.75 Å². The van der Waals surface area contributed by atoms with Crippen molar-refractivity contribution in [1.29, 1.82) is 0 Å². The first kappa shape index (κ1) is 16.9. The quantitative estimate of drug-likeness (QED) is 0.862. The Bertz CT molecular complexity index is 673. The van der Waals surface area contributed by atoms with Crippen LogP contribution in [0.2, 0.25) is 0 Å². The Kier molecular flexibility index (Phi) is 4.63. The van der Waals surface area contributed by atoms with Crippen LogP contribution in [0.3, 0.4) is 0 Å². The molecule has 5 nitrogen and oxygen atoms in total. The van der Waals surface area contributed by atoms with Gasteiger partial charge in [-0.1, -0.05) is 17.3 Å². The molecule has 0 bridgehead atoms. The molecule has 1 aromatic heterocycles. The highest BCUT2D eigenvalue weighted by Crippen LogP contribution is 2.23. The van der Waals surface area contributed by atoms with E-state index in [1.165, 1.54) is 29.2 Å². The number of rotatable bonds is 4. The second kappa shape index (κ2) is 6.31. The molecule has 1 heterocycles. The number of benzene rings is 1. The Morgan fingerprint density at radius 2 is 1.87 bits per heavy atom. The molecule has 23 heavy (non-hydrogen) atoms. The van der Waals surface area contributed by atoms with Crippen molar-refractivity contribution >= 4 is 5.91 Å². The monoisotopic (exact) mass is 328 g/mol. The number of aromatic nitrogens is 1. The van der Waals surface area contributed by atoms with E-state index in [9.17, 15) is 18.0 Å². The van der Waals surface area contributed by atoms with Gasteiger partial charge in [-0.05, 0) is 31.5 Å². The van der Waals surface area contributed by atoms with Crippen molar-refractivity contribution in [3.63, 3.8) is 0 Å². The van der Waals surface area contributed by atoms with Crippen LogP contribution in [0.25, 0.3) is 0 Å². The van der Waals surface area contributed by atoms with Crippen LogP contribution in [0.5, 0.6) is 5.75 Å². The number of carbonyl (C=O) groups is 1. The van der Waals surface area contributed by atoms with Gasteiger partial charge in [-0.25, -0.2) is 0 Å². The molecule has 0 aliphatic carbocycles. The van der Waals surface area contributed by atoms with Gasteiger partial charge >= 0.3 is 6.36 Å². The summed E-state index contributed by atoms with van der Waals surface area (Å²) in [5, 5.41) is 3.73. The van der Waals surface area contributed by atoms with E-state index in [4.69, 9.17) is 4.52 Å². The van der Waals surface area contributed by atoms with Crippen LogP contribution in [0.1, 0.15) is 27.4 Å². The number of halogens is 3. The highest BCUT2D eigenvalue weighted by Gasteiger charge is 2.31. The Morgan fingerprint density at radius 3 is 2.35 bits per heavy atom. The van der Waals surface area contributed by atoms with Gasteiger partial charge in [0.25, 0.3) is 5.91 Å². The molecular weight excluding hydrogens is 313 g/mol. The predicted octanol–water partition coefficient (Wildman–Crippen LogP) is 3.46. The first-order chi connectivity index (χ1) is 10.7. The minimum atomic E-state index is -4.72. The summed E-state index contributed by atoms with van der Waals surface area (Å²) in [5.41, 5.74) is 1.56. The lowest BCUT2D eigenvalue weighted by molar-refractivity contribution is -0.274. The molecule has 0 unspecified atom stereocenters. The molecule has 0 saturated carbocycles. The third kappa shape index (κ3) is 4.24. The SMILES string of the molecule is Cc1noc(C)c1C(=O)N(C)Cc1ccc(OC(F)(F)F)cc1. The minimum absolute atomic E-state index is 0.231. The van der Waals surface area contributed by atoms with Crippen LogP contribution in [0.15, 0.2) is 28.8 Å². The molecule has 0 aliphatic heterocycles. The minimum Gasteiger partial charge on any atom is -0.406 e.